The fraction of sp³-hybridized carbons (Fsp3) is 0.933. The average Bonchev–Trinajstić information content (AvgIpc) is 2.45. The molecule has 1 heterocycles. The molecule has 0 radical (unpaired) electrons. The molecule has 0 spiro atoms. The van der Waals surface area contributed by atoms with Crippen molar-refractivity contribution >= 4 is 6.03 Å². The maximum Gasteiger partial charge on any atom is 0.315 e. The lowest BCUT2D eigenvalue weighted by molar-refractivity contribution is 0.191. The van der Waals surface area contributed by atoms with Crippen LogP contribution in [0.3, 0.4) is 0 Å². The van der Waals surface area contributed by atoms with Crippen molar-refractivity contribution in [3.05, 3.63) is 0 Å². The highest BCUT2D eigenvalue weighted by Gasteiger charge is 2.16. The number of carbonyl (C=O) groups excluding carboxylic acids is 1. The van der Waals surface area contributed by atoms with Crippen LogP contribution in [0.1, 0.15) is 40.0 Å². The van der Waals surface area contributed by atoms with Crippen molar-refractivity contribution in [1.29, 1.82) is 0 Å². The van der Waals surface area contributed by atoms with Gasteiger partial charge in [-0.15, -0.1) is 0 Å². The molecule has 1 saturated heterocycles. The van der Waals surface area contributed by atoms with Crippen LogP contribution < -0.4 is 10.6 Å². The number of rotatable bonds is 7. The van der Waals surface area contributed by atoms with E-state index in [1.165, 1.54) is 32.4 Å². The van der Waals surface area contributed by atoms with Gasteiger partial charge in [0, 0.05) is 25.7 Å². The molecule has 1 aliphatic heterocycles. The minimum atomic E-state index is -0.136. The first-order valence-electron chi connectivity index (χ1n) is 7.90. The van der Waals surface area contributed by atoms with Gasteiger partial charge in [-0.05, 0) is 44.7 Å². The van der Waals surface area contributed by atoms with Crippen LogP contribution in [-0.2, 0) is 0 Å². The van der Waals surface area contributed by atoms with Crippen LogP contribution in [-0.4, -0.2) is 54.9 Å². The Morgan fingerprint density at radius 2 is 1.85 bits per heavy atom. The Morgan fingerprint density at radius 3 is 2.45 bits per heavy atom. The minimum Gasteiger partial charge on any atom is -0.396 e. The first-order valence-corrected chi connectivity index (χ1v) is 7.90. The number of likely N-dealkylation sites (tertiary alicyclic amines) is 1. The maximum absolute atomic E-state index is 11.8. The summed E-state index contributed by atoms with van der Waals surface area (Å²) >= 11 is 0. The number of aliphatic hydroxyl groups is 1. The first-order chi connectivity index (χ1) is 9.52. The molecule has 3 atom stereocenters. The van der Waals surface area contributed by atoms with Gasteiger partial charge >= 0.3 is 6.03 Å². The second-order valence-electron chi connectivity index (χ2n) is 6.27. The molecular formula is C15H31N3O2. The van der Waals surface area contributed by atoms with Gasteiger partial charge in [0.2, 0.25) is 0 Å². The molecule has 0 aromatic rings. The molecule has 3 N–H and O–H groups in total. The topological polar surface area (TPSA) is 64.6 Å². The lowest BCUT2D eigenvalue weighted by Gasteiger charge is -2.29. The molecular weight excluding hydrogens is 254 g/mol. The number of hydrogen-bond donors (Lipinski definition) is 3. The van der Waals surface area contributed by atoms with E-state index in [1.807, 2.05) is 13.8 Å². The second kappa shape index (κ2) is 9.19. The van der Waals surface area contributed by atoms with Gasteiger partial charge in [-0.25, -0.2) is 4.79 Å². The van der Waals surface area contributed by atoms with Gasteiger partial charge in [-0.1, -0.05) is 20.3 Å². The summed E-state index contributed by atoms with van der Waals surface area (Å²) in [4.78, 5) is 14.2. The van der Waals surface area contributed by atoms with Crippen molar-refractivity contribution in [1.82, 2.24) is 15.5 Å². The van der Waals surface area contributed by atoms with Gasteiger partial charge in [0.1, 0.15) is 0 Å². The molecule has 0 aromatic heterocycles. The molecule has 0 aliphatic carbocycles. The van der Waals surface area contributed by atoms with E-state index in [4.69, 9.17) is 5.11 Å². The summed E-state index contributed by atoms with van der Waals surface area (Å²) in [6.07, 6.45) is 3.96. The number of nitrogens with one attached hydrogen (secondary N) is 2. The Hall–Kier alpha value is -0.810. The predicted octanol–water partition coefficient (Wildman–Crippen LogP) is 1.42. The van der Waals surface area contributed by atoms with Crippen molar-refractivity contribution < 1.29 is 9.90 Å². The van der Waals surface area contributed by atoms with E-state index in [1.54, 1.807) is 0 Å². The Bertz CT molecular complexity index is 280. The predicted molar refractivity (Wildman–Crippen MR) is 81.7 cm³/mol. The fourth-order valence-electron chi connectivity index (χ4n) is 2.47. The molecule has 2 amide bonds. The van der Waals surface area contributed by atoms with Crippen LogP contribution in [0.2, 0.25) is 0 Å². The second-order valence-corrected chi connectivity index (χ2v) is 6.27. The third-order valence-electron chi connectivity index (χ3n) is 4.13. The van der Waals surface area contributed by atoms with E-state index in [2.05, 4.69) is 22.5 Å². The molecule has 0 bridgehead atoms. The van der Waals surface area contributed by atoms with Gasteiger partial charge in [-0.2, -0.15) is 0 Å². The Morgan fingerprint density at radius 1 is 1.20 bits per heavy atom. The number of aliphatic hydroxyl groups excluding tert-OH is 1. The molecule has 3 unspecified atom stereocenters. The molecule has 5 nitrogen and oxygen atoms in total. The standard InChI is InChI=1S/C15H31N3O2/c1-12(10-18-7-5-4-6-8-18)9-16-15(20)17-14(3)13(2)11-19/h12-14,19H,4-11H2,1-3H3,(H2,16,17,20). The van der Waals surface area contributed by atoms with Crippen LogP contribution in [0, 0.1) is 11.8 Å². The molecule has 20 heavy (non-hydrogen) atoms. The summed E-state index contributed by atoms with van der Waals surface area (Å²) in [6.45, 7) is 10.2. The van der Waals surface area contributed by atoms with Crippen molar-refractivity contribution in [2.24, 2.45) is 11.8 Å². The zero-order chi connectivity index (χ0) is 15.0. The van der Waals surface area contributed by atoms with Gasteiger partial charge in [0.15, 0.2) is 0 Å². The summed E-state index contributed by atoms with van der Waals surface area (Å²) in [7, 11) is 0. The summed E-state index contributed by atoms with van der Waals surface area (Å²) in [5, 5.41) is 14.8. The van der Waals surface area contributed by atoms with Crippen molar-refractivity contribution in [3.63, 3.8) is 0 Å². The molecule has 1 fully saturated rings. The van der Waals surface area contributed by atoms with E-state index >= 15 is 0 Å². The molecule has 0 saturated carbocycles. The molecule has 0 aromatic carbocycles. The highest BCUT2D eigenvalue weighted by molar-refractivity contribution is 5.74. The van der Waals surface area contributed by atoms with Gasteiger partial charge in [0.05, 0.1) is 0 Å². The molecule has 1 aliphatic rings. The Kier molecular flexibility index (Phi) is 7.92. The third-order valence-corrected chi connectivity index (χ3v) is 4.13. The SMILES string of the molecule is CC(CNC(=O)NC(C)C(C)CO)CN1CCCCC1. The van der Waals surface area contributed by atoms with E-state index in [0.29, 0.717) is 12.5 Å². The van der Waals surface area contributed by atoms with Crippen molar-refractivity contribution in [3.8, 4) is 0 Å². The molecule has 118 valence electrons. The third kappa shape index (κ3) is 6.57. The number of piperidine rings is 1. The van der Waals surface area contributed by atoms with Crippen LogP contribution in [0.15, 0.2) is 0 Å². The molecule has 1 rings (SSSR count). The van der Waals surface area contributed by atoms with Crippen LogP contribution in [0.4, 0.5) is 4.79 Å². The van der Waals surface area contributed by atoms with E-state index < -0.39 is 0 Å². The van der Waals surface area contributed by atoms with E-state index in [9.17, 15) is 4.79 Å². The number of amides is 2. The maximum atomic E-state index is 11.8. The number of hydrogen-bond acceptors (Lipinski definition) is 3. The van der Waals surface area contributed by atoms with Crippen LogP contribution in [0.25, 0.3) is 0 Å². The van der Waals surface area contributed by atoms with Crippen LogP contribution >= 0.6 is 0 Å². The zero-order valence-electron chi connectivity index (χ0n) is 13.2. The highest BCUT2D eigenvalue weighted by atomic mass is 16.3. The summed E-state index contributed by atoms with van der Waals surface area (Å²) < 4.78 is 0. The van der Waals surface area contributed by atoms with Crippen LogP contribution in [0.5, 0.6) is 0 Å². The van der Waals surface area contributed by atoms with E-state index in [0.717, 1.165) is 6.54 Å². The lowest BCUT2D eigenvalue weighted by Crippen LogP contribution is -2.46. The fourth-order valence-corrected chi connectivity index (χ4v) is 2.47. The average molecular weight is 285 g/mol. The summed E-state index contributed by atoms with van der Waals surface area (Å²) in [6, 6.07) is -0.152. The lowest BCUT2D eigenvalue weighted by atomic mass is 10.1. The summed E-state index contributed by atoms with van der Waals surface area (Å²) in [5.41, 5.74) is 0. The van der Waals surface area contributed by atoms with Crippen molar-refractivity contribution in [2.75, 3.05) is 32.8 Å². The quantitative estimate of drug-likeness (QED) is 0.663. The monoisotopic (exact) mass is 285 g/mol. The van der Waals surface area contributed by atoms with Gasteiger partial charge in [0.25, 0.3) is 0 Å². The van der Waals surface area contributed by atoms with Gasteiger partial charge in [-0.3, -0.25) is 0 Å². The largest absolute Gasteiger partial charge is 0.396 e. The zero-order valence-corrected chi connectivity index (χ0v) is 13.2. The normalized spacial score (nSPS) is 21.0. The number of nitrogens with zero attached hydrogens (tertiary/aromatic N) is 1. The Labute approximate surface area is 123 Å². The molecule has 5 heteroatoms. The van der Waals surface area contributed by atoms with E-state index in [-0.39, 0.29) is 24.6 Å². The Balaban J connectivity index is 2.16. The highest BCUT2D eigenvalue weighted by Crippen LogP contribution is 2.10. The minimum absolute atomic E-state index is 0.0163. The summed E-state index contributed by atoms with van der Waals surface area (Å²) in [5.74, 6) is 0.538. The van der Waals surface area contributed by atoms with Gasteiger partial charge < -0.3 is 20.6 Å². The smallest absolute Gasteiger partial charge is 0.315 e. The number of urea groups is 1. The van der Waals surface area contributed by atoms with Crippen molar-refractivity contribution in [2.45, 2.75) is 46.1 Å². The first kappa shape index (κ1) is 17.2. The number of carbonyl (C=O) groups is 1.